The molecule has 0 spiro atoms. The van der Waals surface area contributed by atoms with E-state index in [2.05, 4.69) is 4.98 Å². The summed E-state index contributed by atoms with van der Waals surface area (Å²) in [6.07, 6.45) is 0. The van der Waals surface area contributed by atoms with Gasteiger partial charge in [0.2, 0.25) is 0 Å². The monoisotopic (exact) mass is 302 g/mol. The lowest BCUT2D eigenvalue weighted by Crippen LogP contribution is -2.59. The molecule has 0 aliphatic carbocycles. The molecule has 0 atom stereocenters. The fourth-order valence-electron chi connectivity index (χ4n) is 2.69. The van der Waals surface area contributed by atoms with Gasteiger partial charge in [-0.3, -0.25) is 0 Å². The molecule has 1 N–H and O–H groups in total. The minimum absolute atomic E-state index is 0.286. The zero-order valence-electron chi connectivity index (χ0n) is 11.5. The Kier molecular flexibility index (Phi) is 2.71. The van der Waals surface area contributed by atoms with Gasteiger partial charge in [-0.2, -0.15) is 4.98 Å². The predicted molar refractivity (Wildman–Crippen MR) is 76.5 cm³/mol. The van der Waals surface area contributed by atoms with Crippen molar-refractivity contribution in [1.82, 2.24) is 4.98 Å². The Bertz CT molecular complexity index is 839. The molecule has 1 fully saturated rings. The normalized spacial score (nSPS) is 16.8. The lowest BCUT2D eigenvalue weighted by Gasteiger charge is -2.45. The smallest absolute Gasteiger partial charge is 0.298 e. The van der Waals surface area contributed by atoms with Crippen LogP contribution < -0.4 is 4.90 Å². The number of rotatable bonds is 2. The molecule has 1 saturated heterocycles. The fraction of sp³-hybridized carbons (Fsp3) is 0.188. The van der Waals surface area contributed by atoms with Crippen LogP contribution in [0.4, 0.5) is 14.8 Å². The zero-order chi connectivity index (χ0) is 15.3. The molecule has 2 heterocycles. The molecule has 1 aliphatic rings. The fourth-order valence-corrected chi connectivity index (χ4v) is 2.69. The van der Waals surface area contributed by atoms with Gasteiger partial charge in [0.1, 0.15) is 22.8 Å². The number of aliphatic hydroxyl groups is 1. The van der Waals surface area contributed by atoms with Gasteiger partial charge in [0.15, 0.2) is 5.58 Å². The first-order chi connectivity index (χ1) is 10.5. The molecule has 0 saturated carbocycles. The maximum atomic E-state index is 13.2. The van der Waals surface area contributed by atoms with Crippen LogP contribution in [0.15, 0.2) is 46.9 Å². The molecule has 112 valence electrons. The number of halogens is 2. The largest absolute Gasteiger partial charge is 0.423 e. The molecule has 1 aliphatic heterocycles. The molecule has 0 bridgehead atoms. The van der Waals surface area contributed by atoms with Crippen molar-refractivity contribution in [2.24, 2.45) is 0 Å². The maximum Gasteiger partial charge on any atom is 0.298 e. The topological polar surface area (TPSA) is 49.5 Å². The Morgan fingerprint density at radius 1 is 1.05 bits per heavy atom. The summed E-state index contributed by atoms with van der Waals surface area (Å²) < 4.78 is 31.6. The highest BCUT2D eigenvalue weighted by Crippen LogP contribution is 2.36. The average molecular weight is 302 g/mol. The highest BCUT2D eigenvalue weighted by Gasteiger charge is 2.44. The van der Waals surface area contributed by atoms with Gasteiger partial charge in [0, 0.05) is 6.07 Å². The summed E-state index contributed by atoms with van der Waals surface area (Å²) in [7, 11) is 0. The zero-order valence-corrected chi connectivity index (χ0v) is 11.5. The number of hydrogen-bond acceptors (Lipinski definition) is 4. The molecule has 0 amide bonds. The lowest BCUT2D eigenvalue weighted by molar-refractivity contribution is 0.00466. The molecule has 0 radical (unpaired) electrons. The van der Waals surface area contributed by atoms with E-state index < -0.39 is 5.60 Å². The number of benzene rings is 2. The van der Waals surface area contributed by atoms with Crippen molar-refractivity contribution in [2.75, 3.05) is 18.0 Å². The van der Waals surface area contributed by atoms with E-state index >= 15 is 0 Å². The first-order valence-corrected chi connectivity index (χ1v) is 6.83. The van der Waals surface area contributed by atoms with E-state index in [1.807, 2.05) is 0 Å². The predicted octanol–water partition coefficient (Wildman–Crippen LogP) is 2.81. The van der Waals surface area contributed by atoms with E-state index in [1.54, 1.807) is 17.0 Å². The number of oxazole rings is 1. The SMILES string of the molecule is OC1(c2ccc(F)cc2)CN(c2nc3cc(F)ccc3o2)C1. The Balaban J connectivity index is 1.57. The minimum Gasteiger partial charge on any atom is -0.423 e. The van der Waals surface area contributed by atoms with Crippen LogP contribution in [0.2, 0.25) is 0 Å². The standard InChI is InChI=1S/C16H12F2N2O2/c17-11-3-1-10(2-4-11)16(21)8-20(9-16)15-19-13-7-12(18)5-6-14(13)22-15/h1-7,21H,8-9H2. The molecular formula is C16H12F2N2O2. The van der Waals surface area contributed by atoms with Gasteiger partial charge in [-0.15, -0.1) is 0 Å². The summed E-state index contributed by atoms with van der Waals surface area (Å²) in [4.78, 5) is 5.97. The summed E-state index contributed by atoms with van der Waals surface area (Å²) in [5, 5.41) is 10.5. The summed E-state index contributed by atoms with van der Waals surface area (Å²) in [6, 6.07) is 10.2. The highest BCUT2D eigenvalue weighted by molar-refractivity contribution is 5.74. The quantitative estimate of drug-likeness (QED) is 0.791. The Morgan fingerprint density at radius 3 is 2.45 bits per heavy atom. The van der Waals surface area contributed by atoms with Gasteiger partial charge in [-0.1, -0.05) is 12.1 Å². The van der Waals surface area contributed by atoms with Gasteiger partial charge in [0.25, 0.3) is 6.01 Å². The van der Waals surface area contributed by atoms with Crippen LogP contribution in [0.1, 0.15) is 5.56 Å². The molecule has 4 rings (SSSR count). The van der Waals surface area contributed by atoms with E-state index in [0.717, 1.165) is 0 Å². The first-order valence-electron chi connectivity index (χ1n) is 6.83. The molecule has 0 unspecified atom stereocenters. The van der Waals surface area contributed by atoms with E-state index in [-0.39, 0.29) is 24.7 Å². The highest BCUT2D eigenvalue weighted by atomic mass is 19.1. The summed E-state index contributed by atoms with van der Waals surface area (Å²) in [6.45, 7) is 0.571. The third-order valence-corrected chi connectivity index (χ3v) is 3.90. The molecule has 6 heteroatoms. The molecular weight excluding hydrogens is 290 g/mol. The number of β-amino-alcohol motifs (C(OH)–C–C–N with tert-alkyl or cyclic N) is 1. The number of aromatic nitrogens is 1. The van der Waals surface area contributed by atoms with Gasteiger partial charge in [0.05, 0.1) is 13.1 Å². The summed E-state index contributed by atoms with van der Waals surface area (Å²) >= 11 is 0. The Morgan fingerprint density at radius 2 is 1.73 bits per heavy atom. The van der Waals surface area contributed by atoms with Crippen LogP contribution in [-0.4, -0.2) is 23.2 Å². The van der Waals surface area contributed by atoms with Crippen LogP contribution in [0.5, 0.6) is 0 Å². The number of anilines is 1. The Labute approximate surface area is 124 Å². The molecule has 4 nitrogen and oxygen atoms in total. The van der Waals surface area contributed by atoms with Crippen LogP contribution in [0, 0.1) is 11.6 Å². The second-order valence-electron chi connectivity index (χ2n) is 5.50. The van der Waals surface area contributed by atoms with E-state index in [0.29, 0.717) is 22.7 Å². The third kappa shape index (κ3) is 2.03. The van der Waals surface area contributed by atoms with Crippen molar-refractivity contribution < 1.29 is 18.3 Å². The van der Waals surface area contributed by atoms with Gasteiger partial charge in [-0.05, 0) is 29.8 Å². The van der Waals surface area contributed by atoms with Crippen LogP contribution >= 0.6 is 0 Å². The number of nitrogens with zero attached hydrogens (tertiary/aromatic N) is 2. The van der Waals surface area contributed by atoms with E-state index in [9.17, 15) is 13.9 Å². The number of hydrogen-bond donors (Lipinski definition) is 1. The van der Waals surface area contributed by atoms with Crippen LogP contribution in [0.25, 0.3) is 11.1 Å². The summed E-state index contributed by atoms with van der Waals surface area (Å²) in [5.41, 5.74) is 0.521. The molecule has 1 aromatic heterocycles. The molecule has 22 heavy (non-hydrogen) atoms. The first kappa shape index (κ1) is 13.2. The van der Waals surface area contributed by atoms with Crippen LogP contribution in [-0.2, 0) is 5.60 Å². The van der Waals surface area contributed by atoms with Crippen molar-refractivity contribution in [3.8, 4) is 0 Å². The van der Waals surface area contributed by atoms with Crippen molar-refractivity contribution >= 4 is 17.1 Å². The minimum atomic E-state index is -1.06. The van der Waals surface area contributed by atoms with Crippen molar-refractivity contribution in [3.63, 3.8) is 0 Å². The summed E-state index contributed by atoms with van der Waals surface area (Å²) in [5.74, 6) is -0.719. The Hall–Kier alpha value is -2.47. The van der Waals surface area contributed by atoms with E-state index in [1.165, 1.54) is 30.3 Å². The maximum absolute atomic E-state index is 13.2. The third-order valence-electron chi connectivity index (χ3n) is 3.90. The second-order valence-corrected chi connectivity index (χ2v) is 5.50. The lowest BCUT2D eigenvalue weighted by atomic mass is 9.86. The van der Waals surface area contributed by atoms with Gasteiger partial charge >= 0.3 is 0 Å². The number of fused-ring (bicyclic) bond motifs is 1. The van der Waals surface area contributed by atoms with Crippen molar-refractivity contribution in [2.45, 2.75) is 5.60 Å². The molecule has 2 aromatic carbocycles. The molecule has 3 aromatic rings. The van der Waals surface area contributed by atoms with Crippen molar-refractivity contribution in [1.29, 1.82) is 0 Å². The van der Waals surface area contributed by atoms with Gasteiger partial charge in [-0.25, -0.2) is 8.78 Å². The average Bonchev–Trinajstić information content (AvgIpc) is 2.87. The van der Waals surface area contributed by atoms with Crippen molar-refractivity contribution in [3.05, 3.63) is 59.7 Å². The van der Waals surface area contributed by atoms with E-state index in [4.69, 9.17) is 4.42 Å². The van der Waals surface area contributed by atoms with Crippen LogP contribution in [0.3, 0.4) is 0 Å². The van der Waals surface area contributed by atoms with Gasteiger partial charge < -0.3 is 14.4 Å². The second kappa shape index (κ2) is 4.51.